The van der Waals surface area contributed by atoms with Crippen molar-refractivity contribution in [3.05, 3.63) is 83.4 Å². The maximum Gasteiger partial charge on any atom is 0.331 e. The number of aliphatic carboxylic acids is 1. The number of ether oxygens (including phenoxy) is 1. The molecule has 214 valence electrons. The number of allylic oxidation sites excluding steroid dienone is 5. The fraction of sp³-hybridized carbons (Fsp3) is 0.414. The number of carbonyl (C=O) groups is 1. The Bertz CT molecular complexity index is 1050. The lowest BCUT2D eigenvalue weighted by Crippen LogP contribution is -2.16. The lowest BCUT2D eigenvalue weighted by molar-refractivity contribution is -0.133. The number of sulfonamides is 1. The molecule has 0 saturated heterocycles. The van der Waals surface area contributed by atoms with E-state index in [9.17, 15) is 27.1 Å². The second-order valence-electron chi connectivity index (χ2n) is 7.50. The number of halogens is 2. The summed E-state index contributed by atoms with van der Waals surface area (Å²) in [5.74, 6) is -1.10. The number of rotatable bonds is 14. The number of carboxylic acids is 1. The van der Waals surface area contributed by atoms with Gasteiger partial charge < -0.3 is 9.84 Å². The van der Waals surface area contributed by atoms with Gasteiger partial charge in [0.25, 0.3) is 10.0 Å². The number of benzene rings is 1. The van der Waals surface area contributed by atoms with Crippen molar-refractivity contribution in [2.24, 2.45) is 5.92 Å². The lowest BCUT2D eigenvalue weighted by atomic mass is 10.0. The molecular formula is C29H43F2NO5S. The number of hydrogen-bond donors (Lipinski definition) is 2. The molecule has 0 aliphatic rings. The Morgan fingerprint density at radius 3 is 2.16 bits per heavy atom. The topological polar surface area (TPSA) is 92.7 Å². The first-order valence-electron chi connectivity index (χ1n) is 12.7. The van der Waals surface area contributed by atoms with Gasteiger partial charge in [0.2, 0.25) is 6.43 Å². The number of alkyl halides is 2. The van der Waals surface area contributed by atoms with Gasteiger partial charge in [0, 0.05) is 17.7 Å². The number of hydrogen-bond acceptors (Lipinski definition) is 4. The molecule has 0 fully saturated rings. The molecule has 0 amide bonds. The van der Waals surface area contributed by atoms with Crippen molar-refractivity contribution in [3.8, 4) is 5.75 Å². The van der Waals surface area contributed by atoms with Crippen molar-refractivity contribution in [2.75, 3.05) is 11.3 Å². The minimum atomic E-state index is -4.02. The smallest absolute Gasteiger partial charge is 0.331 e. The molecular weight excluding hydrogens is 512 g/mol. The first-order chi connectivity index (χ1) is 18.0. The second-order valence-corrected chi connectivity index (χ2v) is 9.18. The predicted molar refractivity (Wildman–Crippen MR) is 154 cm³/mol. The van der Waals surface area contributed by atoms with E-state index < -0.39 is 22.4 Å². The third kappa shape index (κ3) is 15.1. The van der Waals surface area contributed by atoms with Gasteiger partial charge >= 0.3 is 5.97 Å². The van der Waals surface area contributed by atoms with Gasteiger partial charge in [-0.05, 0) is 48.3 Å². The quantitative estimate of drug-likeness (QED) is 0.178. The third-order valence-corrected chi connectivity index (χ3v) is 5.78. The normalized spacial score (nSPS) is 12.4. The second kappa shape index (κ2) is 20.8. The molecule has 9 heteroatoms. The van der Waals surface area contributed by atoms with Gasteiger partial charge in [0.1, 0.15) is 12.4 Å². The Balaban J connectivity index is 0. The minimum Gasteiger partial charge on any atom is -0.489 e. The van der Waals surface area contributed by atoms with Crippen molar-refractivity contribution in [1.82, 2.24) is 0 Å². The number of carboxylic acid groups (broad SMARTS) is 1. The van der Waals surface area contributed by atoms with E-state index in [0.29, 0.717) is 17.7 Å². The minimum absolute atomic E-state index is 0.0141. The van der Waals surface area contributed by atoms with Crippen LogP contribution in [-0.4, -0.2) is 32.5 Å². The fourth-order valence-corrected chi connectivity index (χ4v) is 3.93. The largest absolute Gasteiger partial charge is 0.489 e. The molecule has 0 saturated carbocycles. The van der Waals surface area contributed by atoms with Crippen molar-refractivity contribution in [1.29, 1.82) is 0 Å². The van der Waals surface area contributed by atoms with Gasteiger partial charge in [-0.1, -0.05) is 85.4 Å². The summed E-state index contributed by atoms with van der Waals surface area (Å²) < 4.78 is 58.4. The molecule has 0 heterocycles. The maximum absolute atomic E-state index is 12.9. The third-order valence-electron chi connectivity index (χ3n) is 4.37. The summed E-state index contributed by atoms with van der Waals surface area (Å²) >= 11 is 0. The average Bonchev–Trinajstić information content (AvgIpc) is 2.87. The van der Waals surface area contributed by atoms with Crippen molar-refractivity contribution >= 4 is 21.7 Å². The fourth-order valence-electron chi connectivity index (χ4n) is 2.70. The van der Waals surface area contributed by atoms with Crippen molar-refractivity contribution in [2.45, 2.75) is 67.7 Å². The van der Waals surface area contributed by atoms with E-state index in [1.807, 2.05) is 27.7 Å². The van der Waals surface area contributed by atoms with Crippen molar-refractivity contribution < 1.29 is 31.8 Å². The first kappa shape index (κ1) is 37.0. The maximum atomic E-state index is 12.9. The van der Waals surface area contributed by atoms with E-state index >= 15 is 0 Å². The van der Waals surface area contributed by atoms with Gasteiger partial charge in [0.05, 0.1) is 4.91 Å². The highest BCUT2D eigenvalue weighted by molar-refractivity contribution is 7.96. The van der Waals surface area contributed by atoms with Gasteiger partial charge in [-0.3, -0.25) is 4.72 Å². The summed E-state index contributed by atoms with van der Waals surface area (Å²) in [5.41, 5.74) is 0.892. The van der Waals surface area contributed by atoms with E-state index in [0.717, 1.165) is 0 Å². The molecule has 0 unspecified atom stereocenters. The standard InChI is InChI=1S/C25H31F2NO5S.2C2H6/c1-5-8-19(10-7-11-24(26)27)17-33-21-14-12-20(13-15-21)28-34(31,32)22(9-6-2)16-23(18(3)4)25(29)30;2*1-2/h5,7-10,12-16,18,24,28H,1,6,11,17H2,2-4H3,(H,29,30);2*1-2H3/b10-7-,19-8+,22-9+,23-16+;;. The van der Waals surface area contributed by atoms with Crippen LogP contribution in [0.3, 0.4) is 0 Å². The molecule has 1 aromatic carbocycles. The van der Waals surface area contributed by atoms with Crippen LogP contribution in [0.15, 0.2) is 83.4 Å². The van der Waals surface area contributed by atoms with Gasteiger partial charge in [-0.2, -0.15) is 0 Å². The summed E-state index contributed by atoms with van der Waals surface area (Å²) in [7, 11) is -4.02. The summed E-state index contributed by atoms with van der Waals surface area (Å²) in [5, 5.41) is 9.37. The Morgan fingerprint density at radius 1 is 1.13 bits per heavy atom. The van der Waals surface area contributed by atoms with Crippen LogP contribution >= 0.6 is 0 Å². The molecule has 0 aromatic heterocycles. The molecule has 1 rings (SSSR count). The summed E-state index contributed by atoms with van der Waals surface area (Å²) in [6, 6.07) is 6.12. The zero-order chi connectivity index (χ0) is 29.7. The van der Waals surface area contributed by atoms with Crippen LogP contribution in [0, 0.1) is 5.92 Å². The molecule has 0 aliphatic carbocycles. The highest BCUT2D eigenvalue weighted by atomic mass is 32.2. The van der Waals surface area contributed by atoms with E-state index in [-0.39, 0.29) is 35.1 Å². The molecule has 0 radical (unpaired) electrons. The zero-order valence-corrected chi connectivity index (χ0v) is 24.3. The Hall–Kier alpha value is -3.20. The van der Waals surface area contributed by atoms with Crippen LogP contribution in [0.2, 0.25) is 0 Å². The Labute approximate surface area is 227 Å². The van der Waals surface area contributed by atoms with E-state index in [1.165, 1.54) is 42.5 Å². The van der Waals surface area contributed by atoms with Gasteiger partial charge in [-0.25, -0.2) is 22.0 Å². The SMILES string of the molecule is C=C/C=C(\C=C/CC(F)F)COc1ccc(NS(=O)(=O)C(/C=C(/C(=O)O)C(C)C)=C/CC)cc1.CC.CC. The predicted octanol–water partition coefficient (Wildman–Crippen LogP) is 8.14. The van der Waals surface area contributed by atoms with Crippen LogP contribution in [0.1, 0.15) is 61.3 Å². The summed E-state index contributed by atoms with van der Waals surface area (Å²) in [4.78, 5) is 11.3. The van der Waals surface area contributed by atoms with Crippen LogP contribution < -0.4 is 9.46 Å². The van der Waals surface area contributed by atoms with Gasteiger partial charge in [-0.15, -0.1) is 0 Å². The highest BCUT2D eigenvalue weighted by Crippen LogP contribution is 2.22. The van der Waals surface area contributed by atoms with Crippen molar-refractivity contribution in [3.63, 3.8) is 0 Å². The monoisotopic (exact) mass is 555 g/mol. The molecule has 0 aliphatic heterocycles. The Morgan fingerprint density at radius 2 is 1.71 bits per heavy atom. The molecule has 6 nitrogen and oxygen atoms in total. The molecule has 38 heavy (non-hydrogen) atoms. The van der Waals surface area contributed by atoms with Crippen LogP contribution in [-0.2, 0) is 14.8 Å². The average molecular weight is 556 g/mol. The molecule has 0 bridgehead atoms. The first-order valence-corrected chi connectivity index (χ1v) is 14.2. The molecule has 0 atom stereocenters. The van der Waals surface area contributed by atoms with Crippen LogP contribution in [0.5, 0.6) is 5.75 Å². The number of anilines is 1. The van der Waals surface area contributed by atoms with Gasteiger partial charge in [0.15, 0.2) is 0 Å². The molecule has 1 aromatic rings. The van der Waals surface area contributed by atoms with Crippen LogP contribution in [0.25, 0.3) is 0 Å². The van der Waals surface area contributed by atoms with E-state index in [2.05, 4.69) is 11.3 Å². The summed E-state index contributed by atoms with van der Waals surface area (Å²) in [6.45, 7) is 16.8. The number of nitrogens with one attached hydrogen (secondary N) is 1. The Kier molecular flexibility index (Phi) is 20.2. The summed E-state index contributed by atoms with van der Waals surface area (Å²) in [6.07, 6.45) is 6.28. The highest BCUT2D eigenvalue weighted by Gasteiger charge is 2.20. The lowest BCUT2D eigenvalue weighted by Gasteiger charge is -2.12. The van der Waals surface area contributed by atoms with E-state index in [1.54, 1.807) is 39.0 Å². The molecule has 0 spiro atoms. The van der Waals surface area contributed by atoms with E-state index in [4.69, 9.17) is 4.74 Å². The zero-order valence-electron chi connectivity index (χ0n) is 23.5. The molecule has 2 N–H and O–H groups in total. The van der Waals surface area contributed by atoms with Crippen LogP contribution in [0.4, 0.5) is 14.5 Å².